The van der Waals surface area contributed by atoms with Crippen molar-refractivity contribution in [2.75, 3.05) is 0 Å². The Morgan fingerprint density at radius 1 is 1.17 bits per heavy atom. The Labute approximate surface area is 185 Å². The lowest BCUT2D eigenvalue weighted by Gasteiger charge is -2.36. The van der Waals surface area contributed by atoms with Gasteiger partial charge in [0, 0.05) is 28.2 Å². The number of fused-ring (bicyclic) bond motifs is 1. The average Bonchev–Trinajstić information content (AvgIpc) is 3.19. The van der Waals surface area contributed by atoms with E-state index in [9.17, 15) is 4.79 Å². The van der Waals surface area contributed by atoms with Gasteiger partial charge in [-0.2, -0.15) is 0 Å². The molecule has 0 radical (unpaired) electrons. The Bertz CT molecular complexity index is 839. The van der Waals surface area contributed by atoms with Crippen molar-refractivity contribution in [2.24, 2.45) is 10.8 Å². The number of H-pyrrole nitrogens is 1. The molecule has 2 heteroatoms. The van der Waals surface area contributed by atoms with Gasteiger partial charge in [0.1, 0.15) is 0 Å². The van der Waals surface area contributed by atoms with Crippen LogP contribution in [0.3, 0.4) is 0 Å². The molecule has 0 bridgehead atoms. The van der Waals surface area contributed by atoms with Crippen LogP contribution in [0, 0.1) is 10.8 Å². The number of hydrogen-bond donors (Lipinski definition) is 1. The fourth-order valence-corrected chi connectivity index (χ4v) is 3.91. The maximum atomic E-state index is 11.6. The van der Waals surface area contributed by atoms with Crippen LogP contribution in [0.15, 0.2) is 30.5 Å². The first-order chi connectivity index (χ1) is 14.2. The van der Waals surface area contributed by atoms with Gasteiger partial charge in [0.15, 0.2) is 5.78 Å². The highest BCUT2D eigenvalue weighted by molar-refractivity contribution is 6.00. The van der Waals surface area contributed by atoms with Crippen LogP contribution in [0.5, 0.6) is 0 Å². The maximum absolute atomic E-state index is 11.6. The van der Waals surface area contributed by atoms with Gasteiger partial charge in [-0.15, -0.1) is 0 Å². The number of nitrogens with one attached hydrogen (secondary N) is 1. The highest BCUT2D eigenvalue weighted by Gasteiger charge is 2.30. The lowest BCUT2D eigenvalue weighted by Crippen LogP contribution is -2.22. The van der Waals surface area contributed by atoms with Gasteiger partial charge in [0.05, 0.1) is 0 Å². The van der Waals surface area contributed by atoms with Gasteiger partial charge in [0.2, 0.25) is 0 Å². The molecule has 0 spiro atoms. The van der Waals surface area contributed by atoms with Crippen LogP contribution >= 0.6 is 0 Å². The van der Waals surface area contributed by atoms with Gasteiger partial charge in [-0.25, -0.2) is 0 Å². The summed E-state index contributed by atoms with van der Waals surface area (Å²) in [5.41, 5.74) is 5.49. The predicted molar refractivity (Wildman–Crippen MR) is 134 cm³/mol. The number of carbonyl (C=O) groups is 1. The van der Waals surface area contributed by atoms with Crippen LogP contribution in [-0.2, 0) is 0 Å². The van der Waals surface area contributed by atoms with Crippen molar-refractivity contribution in [3.8, 4) is 0 Å². The van der Waals surface area contributed by atoms with Crippen LogP contribution in [0.25, 0.3) is 16.5 Å². The summed E-state index contributed by atoms with van der Waals surface area (Å²) < 4.78 is 0. The van der Waals surface area contributed by atoms with Gasteiger partial charge in [-0.1, -0.05) is 80.0 Å². The lowest BCUT2D eigenvalue weighted by molar-refractivity contribution is 0.101. The molecule has 2 nitrogen and oxygen atoms in total. The molecule has 1 aliphatic rings. The molecule has 1 N–H and O–H groups in total. The third-order valence-corrected chi connectivity index (χ3v) is 6.64. The SMILES string of the molecule is CC.CC.CCC(C)(C)CCC1(C)CC=C(c2c[nH]c3cc(C(C)=O)ccc23)CC1. The first kappa shape index (κ1) is 26.2. The van der Waals surface area contributed by atoms with E-state index >= 15 is 0 Å². The Kier molecular flexibility index (Phi) is 10.1. The third kappa shape index (κ3) is 6.59. The van der Waals surface area contributed by atoms with Crippen molar-refractivity contribution < 1.29 is 4.79 Å². The second-order valence-electron chi connectivity index (χ2n) is 9.28. The molecule has 3 rings (SSSR count). The third-order valence-electron chi connectivity index (χ3n) is 6.64. The maximum Gasteiger partial charge on any atom is 0.159 e. The van der Waals surface area contributed by atoms with Gasteiger partial charge in [0.25, 0.3) is 0 Å². The smallest absolute Gasteiger partial charge is 0.159 e. The molecule has 0 amide bonds. The van der Waals surface area contributed by atoms with Crippen LogP contribution in [0.1, 0.15) is 117 Å². The number of aromatic nitrogens is 1. The minimum absolute atomic E-state index is 0.116. The second kappa shape index (κ2) is 11.5. The van der Waals surface area contributed by atoms with Crippen molar-refractivity contribution >= 4 is 22.3 Å². The number of benzene rings is 1. The summed E-state index contributed by atoms with van der Waals surface area (Å²) in [6.07, 6.45) is 12.0. The normalized spacial score (nSPS) is 18.6. The van der Waals surface area contributed by atoms with E-state index in [0.717, 1.165) is 17.5 Å². The van der Waals surface area contributed by atoms with Gasteiger partial charge in [-0.3, -0.25) is 4.79 Å². The molecule has 1 aromatic carbocycles. The molecule has 0 saturated heterocycles. The Hall–Kier alpha value is -1.83. The zero-order chi connectivity index (χ0) is 22.9. The summed E-state index contributed by atoms with van der Waals surface area (Å²) in [6.45, 7) is 19.2. The molecule has 0 aliphatic heterocycles. The molecule has 1 unspecified atom stereocenters. The molecule has 1 aliphatic carbocycles. The zero-order valence-electron chi connectivity index (χ0n) is 21.0. The number of ketones is 1. The summed E-state index contributed by atoms with van der Waals surface area (Å²) in [5.74, 6) is 0.116. The van der Waals surface area contributed by atoms with Crippen LogP contribution in [0.4, 0.5) is 0 Å². The predicted octanol–water partition coefficient (Wildman–Crippen LogP) is 9.21. The van der Waals surface area contributed by atoms with Gasteiger partial charge in [-0.05, 0) is 61.5 Å². The number of allylic oxidation sites excluding steroid dienone is 2. The summed E-state index contributed by atoms with van der Waals surface area (Å²) in [7, 11) is 0. The Balaban J connectivity index is 0.00000106. The van der Waals surface area contributed by atoms with Crippen molar-refractivity contribution in [3.05, 3.63) is 41.6 Å². The van der Waals surface area contributed by atoms with Gasteiger partial charge >= 0.3 is 0 Å². The largest absolute Gasteiger partial charge is 0.361 e. The fraction of sp³-hybridized carbons (Fsp3) is 0.607. The second-order valence-corrected chi connectivity index (χ2v) is 9.28. The van der Waals surface area contributed by atoms with Crippen LogP contribution in [0.2, 0.25) is 0 Å². The van der Waals surface area contributed by atoms with Crippen LogP contribution in [-0.4, -0.2) is 10.8 Å². The molecule has 1 atom stereocenters. The van der Waals surface area contributed by atoms with E-state index in [0.29, 0.717) is 10.8 Å². The summed E-state index contributed by atoms with van der Waals surface area (Å²) in [6, 6.07) is 6.01. The van der Waals surface area contributed by atoms with Crippen LogP contribution < -0.4 is 0 Å². The quantitative estimate of drug-likeness (QED) is 0.472. The minimum atomic E-state index is 0.116. The first-order valence-electron chi connectivity index (χ1n) is 12.0. The average molecular weight is 412 g/mol. The number of rotatable bonds is 6. The van der Waals surface area contributed by atoms with Crippen molar-refractivity contribution in [3.63, 3.8) is 0 Å². The first-order valence-corrected chi connectivity index (χ1v) is 12.0. The van der Waals surface area contributed by atoms with Gasteiger partial charge < -0.3 is 4.98 Å². The molecular formula is C28H45NO. The minimum Gasteiger partial charge on any atom is -0.361 e. The fourth-order valence-electron chi connectivity index (χ4n) is 3.91. The topological polar surface area (TPSA) is 32.9 Å². The Morgan fingerprint density at radius 3 is 2.37 bits per heavy atom. The molecule has 0 saturated carbocycles. The van der Waals surface area contributed by atoms with E-state index in [-0.39, 0.29) is 5.78 Å². The zero-order valence-corrected chi connectivity index (χ0v) is 21.0. The summed E-state index contributed by atoms with van der Waals surface area (Å²) in [4.78, 5) is 15.0. The van der Waals surface area contributed by atoms with E-state index in [1.807, 2.05) is 39.8 Å². The standard InChI is InChI=1S/C24H33NO.2C2H6/c1-6-23(3,4)13-14-24(5)11-9-18(10-12-24)21-16-25-22-15-19(17(2)26)7-8-20(21)22;2*1-2/h7-9,15-16,25H,6,10-14H2,1-5H3;2*1-2H3. The van der Waals surface area contributed by atoms with E-state index < -0.39 is 0 Å². The van der Waals surface area contributed by atoms with Crippen molar-refractivity contribution in [1.29, 1.82) is 0 Å². The van der Waals surface area contributed by atoms with E-state index in [2.05, 4.69) is 51.0 Å². The van der Waals surface area contributed by atoms with E-state index in [1.54, 1.807) is 6.92 Å². The molecule has 30 heavy (non-hydrogen) atoms. The number of hydrogen-bond acceptors (Lipinski definition) is 1. The number of aromatic amines is 1. The van der Waals surface area contributed by atoms with Crippen molar-refractivity contribution in [2.45, 2.75) is 101 Å². The molecular weight excluding hydrogens is 366 g/mol. The Morgan fingerprint density at radius 2 is 1.83 bits per heavy atom. The molecule has 1 aromatic heterocycles. The highest BCUT2D eigenvalue weighted by atomic mass is 16.1. The van der Waals surface area contributed by atoms with E-state index in [4.69, 9.17) is 0 Å². The molecule has 0 fully saturated rings. The van der Waals surface area contributed by atoms with Crippen molar-refractivity contribution in [1.82, 2.24) is 4.98 Å². The highest BCUT2D eigenvalue weighted by Crippen LogP contribution is 2.45. The summed E-state index contributed by atoms with van der Waals surface area (Å²) >= 11 is 0. The monoisotopic (exact) mass is 411 g/mol. The molecule has 168 valence electrons. The lowest BCUT2D eigenvalue weighted by atomic mass is 9.69. The van der Waals surface area contributed by atoms with E-state index in [1.165, 1.54) is 48.6 Å². The molecule has 1 heterocycles. The number of Topliss-reactive ketones (excluding diaryl/α,β-unsaturated/α-hetero) is 1. The number of carbonyl (C=O) groups excluding carboxylic acids is 1. The molecule has 2 aromatic rings. The summed E-state index contributed by atoms with van der Waals surface area (Å²) in [5, 5.41) is 1.23.